The zero-order chi connectivity index (χ0) is 15.8. The lowest BCUT2D eigenvalue weighted by atomic mass is 9.52. The summed E-state index contributed by atoms with van der Waals surface area (Å²) in [5, 5.41) is 0. The minimum Gasteiger partial charge on any atom is -0.179 e. The number of unbranched alkanes of at least 4 members (excludes halogenated alkanes) is 3. The molecule has 0 radical (unpaired) electrons. The second-order valence-corrected chi connectivity index (χ2v) is 8.83. The second kappa shape index (κ2) is 9.48. The summed E-state index contributed by atoms with van der Waals surface area (Å²) in [7, 11) is 0. The SMILES string of the molecule is CCCCCCC(CCCS)C1(C(C)(C)C)CCCCC1. The lowest BCUT2D eigenvalue weighted by Gasteiger charge is -2.53. The maximum atomic E-state index is 4.48. The first-order chi connectivity index (χ1) is 9.98. The zero-order valence-electron chi connectivity index (χ0n) is 15.2. The van der Waals surface area contributed by atoms with E-state index in [4.69, 9.17) is 0 Å². The van der Waals surface area contributed by atoms with Crippen LogP contribution in [0.5, 0.6) is 0 Å². The molecule has 1 atom stereocenters. The average molecular weight is 313 g/mol. The normalized spacial score (nSPS) is 20.4. The van der Waals surface area contributed by atoms with Crippen LogP contribution in [0.25, 0.3) is 0 Å². The predicted octanol–water partition coefficient (Wildman–Crippen LogP) is 7.28. The fraction of sp³-hybridized carbons (Fsp3) is 1.00. The molecular formula is C20H40S. The van der Waals surface area contributed by atoms with Crippen molar-refractivity contribution >= 4 is 12.6 Å². The summed E-state index contributed by atoms with van der Waals surface area (Å²) in [5.74, 6) is 1.99. The molecule has 1 unspecified atom stereocenters. The van der Waals surface area contributed by atoms with E-state index in [-0.39, 0.29) is 0 Å². The van der Waals surface area contributed by atoms with Gasteiger partial charge in [-0.25, -0.2) is 0 Å². The lowest BCUT2D eigenvalue weighted by Crippen LogP contribution is -2.44. The molecule has 21 heavy (non-hydrogen) atoms. The number of rotatable bonds is 9. The molecule has 126 valence electrons. The smallest absolute Gasteiger partial charge is 0.00978 e. The van der Waals surface area contributed by atoms with Gasteiger partial charge in [-0.1, -0.05) is 72.6 Å². The van der Waals surface area contributed by atoms with E-state index in [1.165, 1.54) is 77.0 Å². The number of hydrogen-bond acceptors (Lipinski definition) is 1. The third-order valence-corrected chi connectivity index (χ3v) is 6.45. The minimum absolute atomic E-state index is 0.458. The quantitative estimate of drug-likeness (QED) is 0.335. The molecule has 1 aliphatic rings. The van der Waals surface area contributed by atoms with Crippen molar-refractivity contribution in [3.8, 4) is 0 Å². The van der Waals surface area contributed by atoms with Crippen LogP contribution in [0.1, 0.15) is 105 Å². The fourth-order valence-electron chi connectivity index (χ4n) is 4.81. The minimum atomic E-state index is 0.458. The van der Waals surface area contributed by atoms with Gasteiger partial charge in [0.2, 0.25) is 0 Å². The van der Waals surface area contributed by atoms with Gasteiger partial charge in [0.25, 0.3) is 0 Å². The zero-order valence-corrected chi connectivity index (χ0v) is 16.1. The highest BCUT2D eigenvalue weighted by atomic mass is 32.1. The molecule has 0 N–H and O–H groups in total. The Morgan fingerprint density at radius 2 is 1.52 bits per heavy atom. The summed E-state index contributed by atoms with van der Waals surface area (Å²) in [6.45, 7) is 9.85. The molecule has 0 heterocycles. The van der Waals surface area contributed by atoms with Crippen LogP contribution >= 0.6 is 12.6 Å². The van der Waals surface area contributed by atoms with Gasteiger partial charge in [0.1, 0.15) is 0 Å². The van der Waals surface area contributed by atoms with Crippen molar-refractivity contribution in [1.29, 1.82) is 0 Å². The summed E-state index contributed by atoms with van der Waals surface area (Å²) in [6.07, 6.45) is 17.2. The van der Waals surface area contributed by atoms with Crippen LogP contribution < -0.4 is 0 Å². The van der Waals surface area contributed by atoms with Crippen LogP contribution in [0.2, 0.25) is 0 Å². The van der Waals surface area contributed by atoms with Crippen LogP contribution in [0, 0.1) is 16.7 Å². The van der Waals surface area contributed by atoms with Crippen molar-refractivity contribution < 1.29 is 0 Å². The van der Waals surface area contributed by atoms with Crippen LogP contribution in [0.3, 0.4) is 0 Å². The Morgan fingerprint density at radius 3 is 2.05 bits per heavy atom. The Morgan fingerprint density at radius 1 is 0.905 bits per heavy atom. The van der Waals surface area contributed by atoms with Gasteiger partial charge >= 0.3 is 0 Å². The molecule has 1 aliphatic carbocycles. The summed E-state index contributed by atoms with van der Waals surface area (Å²) in [6, 6.07) is 0. The second-order valence-electron chi connectivity index (χ2n) is 8.38. The van der Waals surface area contributed by atoms with Gasteiger partial charge in [0.15, 0.2) is 0 Å². The molecule has 1 saturated carbocycles. The Balaban J connectivity index is 2.78. The van der Waals surface area contributed by atoms with Crippen molar-refractivity contribution in [2.24, 2.45) is 16.7 Å². The molecule has 0 aliphatic heterocycles. The highest BCUT2D eigenvalue weighted by Crippen LogP contribution is 2.56. The molecular weight excluding hydrogens is 272 g/mol. The van der Waals surface area contributed by atoms with Crippen LogP contribution in [-0.4, -0.2) is 5.75 Å². The largest absolute Gasteiger partial charge is 0.179 e. The van der Waals surface area contributed by atoms with Crippen molar-refractivity contribution in [3.05, 3.63) is 0 Å². The van der Waals surface area contributed by atoms with Gasteiger partial charge in [-0.3, -0.25) is 0 Å². The van der Waals surface area contributed by atoms with Crippen LogP contribution in [-0.2, 0) is 0 Å². The molecule has 0 saturated heterocycles. The van der Waals surface area contributed by atoms with Gasteiger partial charge in [-0.05, 0) is 54.6 Å². The molecule has 0 aromatic rings. The third-order valence-electron chi connectivity index (χ3n) is 6.14. The molecule has 0 aromatic heterocycles. The molecule has 0 bridgehead atoms. The first kappa shape index (κ1) is 19.4. The Labute approximate surface area is 140 Å². The van der Waals surface area contributed by atoms with E-state index >= 15 is 0 Å². The van der Waals surface area contributed by atoms with Crippen molar-refractivity contribution in [3.63, 3.8) is 0 Å². The predicted molar refractivity (Wildman–Crippen MR) is 100 cm³/mol. The van der Waals surface area contributed by atoms with Crippen molar-refractivity contribution in [1.82, 2.24) is 0 Å². The molecule has 0 amide bonds. The fourth-order valence-corrected chi connectivity index (χ4v) is 4.99. The van der Waals surface area contributed by atoms with E-state index in [1.54, 1.807) is 0 Å². The van der Waals surface area contributed by atoms with Gasteiger partial charge in [-0.2, -0.15) is 12.6 Å². The molecule has 0 nitrogen and oxygen atoms in total. The number of hydrogen-bond donors (Lipinski definition) is 1. The summed E-state index contributed by atoms with van der Waals surface area (Å²) >= 11 is 4.48. The van der Waals surface area contributed by atoms with Crippen molar-refractivity contribution in [2.45, 2.75) is 105 Å². The van der Waals surface area contributed by atoms with Gasteiger partial charge < -0.3 is 0 Å². The van der Waals surface area contributed by atoms with Gasteiger partial charge in [0.05, 0.1) is 0 Å². The Bertz CT molecular complexity index is 258. The lowest BCUT2D eigenvalue weighted by molar-refractivity contribution is -0.0317. The average Bonchev–Trinajstić information content (AvgIpc) is 2.46. The van der Waals surface area contributed by atoms with E-state index in [2.05, 4.69) is 40.3 Å². The molecule has 0 spiro atoms. The third kappa shape index (κ3) is 5.48. The van der Waals surface area contributed by atoms with E-state index in [0.29, 0.717) is 10.8 Å². The maximum Gasteiger partial charge on any atom is -0.00978 e. The molecule has 1 heteroatoms. The summed E-state index contributed by atoms with van der Waals surface area (Å²) < 4.78 is 0. The highest BCUT2D eigenvalue weighted by Gasteiger charge is 2.47. The Kier molecular flexibility index (Phi) is 8.76. The number of thiol groups is 1. The summed E-state index contributed by atoms with van der Waals surface area (Å²) in [5.41, 5.74) is 1.06. The topological polar surface area (TPSA) is 0 Å². The van der Waals surface area contributed by atoms with Gasteiger partial charge in [0, 0.05) is 0 Å². The van der Waals surface area contributed by atoms with E-state index in [9.17, 15) is 0 Å². The van der Waals surface area contributed by atoms with Gasteiger partial charge in [-0.15, -0.1) is 0 Å². The van der Waals surface area contributed by atoms with Crippen LogP contribution in [0.15, 0.2) is 0 Å². The van der Waals surface area contributed by atoms with Crippen molar-refractivity contribution in [2.75, 3.05) is 5.75 Å². The Hall–Kier alpha value is 0.350. The van der Waals surface area contributed by atoms with E-state index < -0.39 is 0 Å². The van der Waals surface area contributed by atoms with Crippen LogP contribution in [0.4, 0.5) is 0 Å². The first-order valence-electron chi connectivity index (χ1n) is 9.59. The molecule has 0 aromatic carbocycles. The summed E-state index contributed by atoms with van der Waals surface area (Å²) in [4.78, 5) is 0. The highest BCUT2D eigenvalue weighted by molar-refractivity contribution is 7.80. The molecule has 1 rings (SSSR count). The monoisotopic (exact) mass is 312 g/mol. The standard InChI is InChI=1S/C20H40S/c1-5-6-7-9-13-18(14-12-17-21)20(19(2,3)4)15-10-8-11-16-20/h18,21H,5-17H2,1-4H3. The van der Waals surface area contributed by atoms with E-state index in [1.807, 2.05) is 0 Å². The van der Waals surface area contributed by atoms with E-state index in [0.717, 1.165) is 11.7 Å². The maximum absolute atomic E-state index is 4.48. The first-order valence-corrected chi connectivity index (χ1v) is 10.2. The molecule has 1 fully saturated rings.